The summed E-state index contributed by atoms with van der Waals surface area (Å²) in [5.41, 5.74) is 0.659. The zero-order valence-corrected chi connectivity index (χ0v) is 16.4. The van der Waals surface area contributed by atoms with Crippen LogP contribution >= 0.6 is 22.6 Å². The van der Waals surface area contributed by atoms with Crippen molar-refractivity contribution in [2.75, 3.05) is 6.61 Å². The monoisotopic (exact) mass is 466 g/mol. The van der Waals surface area contributed by atoms with Gasteiger partial charge in [0.15, 0.2) is 11.5 Å². The van der Waals surface area contributed by atoms with Crippen molar-refractivity contribution in [2.24, 2.45) is 28.8 Å². The van der Waals surface area contributed by atoms with Gasteiger partial charge < -0.3 is 9.84 Å². The molecule has 0 spiro atoms. The molecule has 2 fully saturated rings. The maximum absolute atomic E-state index is 12.7. The molecule has 0 radical (unpaired) electrons. The number of hydrazone groups is 1. The van der Waals surface area contributed by atoms with Gasteiger partial charge in [0.25, 0.3) is 11.8 Å². The van der Waals surface area contributed by atoms with Crippen LogP contribution in [-0.2, 0) is 9.59 Å². The second-order valence-corrected chi connectivity index (χ2v) is 8.02. The highest BCUT2D eigenvalue weighted by Crippen LogP contribution is 2.49. The zero-order valence-electron chi connectivity index (χ0n) is 14.3. The number of aromatic hydroxyl groups is 1. The Morgan fingerprint density at radius 1 is 1.23 bits per heavy atom. The average molecular weight is 466 g/mol. The van der Waals surface area contributed by atoms with Crippen molar-refractivity contribution in [3.63, 3.8) is 0 Å². The van der Waals surface area contributed by atoms with Gasteiger partial charge in [-0.05, 0) is 71.9 Å². The van der Waals surface area contributed by atoms with Gasteiger partial charge in [-0.2, -0.15) is 10.1 Å². The van der Waals surface area contributed by atoms with Crippen LogP contribution in [0.1, 0.15) is 25.3 Å². The number of rotatable bonds is 4. The van der Waals surface area contributed by atoms with Crippen LogP contribution in [0.2, 0.25) is 0 Å². The number of ether oxygens (including phenoxy) is 1. The lowest BCUT2D eigenvalue weighted by Gasteiger charge is -2.37. The van der Waals surface area contributed by atoms with Crippen LogP contribution in [0.25, 0.3) is 0 Å². The Kier molecular flexibility index (Phi) is 4.50. The quantitative estimate of drug-likeness (QED) is 0.321. The number of phenolic OH excluding ortho intramolecular Hbond substituents is 1. The normalized spacial score (nSPS) is 29.7. The Hall–Kier alpha value is -1.90. The van der Waals surface area contributed by atoms with Crippen molar-refractivity contribution in [2.45, 2.75) is 19.8 Å². The summed E-state index contributed by atoms with van der Waals surface area (Å²) in [6.45, 7) is 2.26. The molecule has 1 N–H and O–H groups in total. The number of carbonyl (C=O) groups excluding carboxylic acids is 2. The Bertz CT molecular complexity index is 803. The van der Waals surface area contributed by atoms with E-state index in [1.165, 1.54) is 6.21 Å². The van der Waals surface area contributed by atoms with Crippen molar-refractivity contribution >= 4 is 40.6 Å². The molecular formula is C19H19IN2O4. The van der Waals surface area contributed by atoms with Gasteiger partial charge >= 0.3 is 0 Å². The number of nitrogens with zero attached hydrogens (tertiary/aromatic N) is 2. The van der Waals surface area contributed by atoms with Gasteiger partial charge in [-0.25, -0.2) is 0 Å². The van der Waals surface area contributed by atoms with Crippen molar-refractivity contribution < 1.29 is 19.4 Å². The maximum atomic E-state index is 12.7. The number of imide groups is 1. The predicted octanol–water partition coefficient (Wildman–Crippen LogP) is 2.93. The fraction of sp³-hybridized carbons (Fsp3) is 0.421. The molecule has 1 saturated heterocycles. The van der Waals surface area contributed by atoms with E-state index in [4.69, 9.17) is 4.74 Å². The summed E-state index contributed by atoms with van der Waals surface area (Å²) in [4.78, 5) is 25.5. The minimum absolute atomic E-state index is 0.0756. The first kappa shape index (κ1) is 17.5. The van der Waals surface area contributed by atoms with Gasteiger partial charge in [0.05, 0.1) is 28.2 Å². The summed E-state index contributed by atoms with van der Waals surface area (Å²) >= 11 is 2.00. The fourth-order valence-electron chi connectivity index (χ4n) is 4.23. The van der Waals surface area contributed by atoms with Gasteiger partial charge in [0, 0.05) is 0 Å². The number of hydrogen-bond donors (Lipinski definition) is 1. The maximum Gasteiger partial charge on any atom is 0.254 e. The van der Waals surface area contributed by atoms with E-state index in [-0.39, 0.29) is 41.2 Å². The lowest BCUT2D eigenvalue weighted by molar-refractivity contribution is -0.140. The lowest BCUT2D eigenvalue weighted by atomic mass is 9.63. The Labute approximate surface area is 165 Å². The number of fused-ring (bicyclic) bond motifs is 1. The Balaban J connectivity index is 1.60. The molecule has 1 aromatic carbocycles. The van der Waals surface area contributed by atoms with E-state index >= 15 is 0 Å². The summed E-state index contributed by atoms with van der Waals surface area (Å²) in [5, 5.41) is 15.2. The Morgan fingerprint density at radius 2 is 1.85 bits per heavy atom. The van der Waals surface area contributed by atoms with Crippen LogP contribution in [0.4, 0.5) is 0 Å². The van der Waals surface area contributed by atoms with Gasteiger partial charge in [0.2, 0.25) is 0 Å². The highest BCUT2D eigenvalue weighted by atomic mass is 127. The smallest absolute Gasteiger partial charge is 0.254 e. The molecule has 2 amide bonds. The van der Waals surface area contributed by atoms with Crippen LogP contribution < -0.4 is 4.74 Å². The third kappa shape index (κ3) is 2.72. The van der Waals surface area contributed by atoms with Crippen LogP contribution in [-0.4, -0.2) is 34.8 Å². The van der Waals surface area contributed by atoms with Crippen molar-refractivity contribution in [3.05, 3.63) is 33.4 Å². The predicted molar refractivity (Wildman–Crippen MR) is 104 cm³/mol. The third-order valence-corrected chi connectivity index (χ3v) is 6.23. The molecule has 26 heavy (non-hydrogen) atoms. The van der Waals surface area contributed by atoms with Gasteiger partial charge in [0.1, 0.15) is 0 Å². The molecule has 5 rings (SSSR count). The third-order valence-electron chi connectivity index (χ3n) is 5.41. The first-order valence-electron chi connectivity index (χ1n) is 8.76. The molecule has 1 aliphatic heterocycles. The second kappa shape index (κ2) is 6.68. The molecule has 1 aromatic rings. The van der Waals surface area contributed by atoms with E-state index in [0.717, 1.165) is 17.9 Å². The first-order chi connectivity index (χ1) is 12.5. The number of benzene rings is 1. The van der Waals surface area contributed by atoms with Gasteiger partial charge in [-0.3, -0.25) is 9.59 Å². The van der Waals surface area contributed by atoms with E-state index in [0.29, 0.717) is 21.5 Å². The number of amides is 2. The highest BCUT2D eigenvalue weighted by Gasteiger charge is 2.56. The minimum atomic E-state index is -0.262. The van der Waals surface area contributed by atoms with Crippen molar-refractivity contribution in [3.8, 4) is 11.5 Å². The zero-order chi connectivity index (χ0) is 18.4. The van der Waals surface area contributed by atoms with Crippen LogP contribution in [0.15, 0.2) is 29.4 Å². The number of allylic oxidation sites excluding steroid dienone is 2. The number of halogens is 1. The number of carbonyl (C=O) groups is 2. The average Bonchev–Trinajstić information content (AvgIpc) is 2.91. The van der Waals surface area contributed by atoms with Gasteiger partial charge in [-0.1, -0.05) is 12.2 Å². The second-order valence-electron chi connectivity index (χ2n) is 6.86. The summed E-state index contributed by atoms with van der Waals surface area (Å²) in [7, 11) is 0. The molecule has 1 saturated carbocycles. The number of phenols is 1. The summed E-state index contributed by atoms with van der Waals surface area (Å²) in [6, 6.07) is 3.37. The molecule has 3 aliphatic carbocycles. The van der Waals surface area contributed by atoms with E-state index in [1.807, 2.05) is 29.5 Å². The van der Waals surface area contributed by atoms with Crippen LogP contribution in [0, 0.1) is 27.2 Å². The van der Waals surface area contributed by atoms with Crippen LogP contribution in [0.3, 0.4) is 0 Å². The molecular weight excluding hydrogens is 447 g/mol. The van der Waals surface area contributed by atoms with E-state index in [9.17, 15) is 14.7 Å². The molecule has 0 unspecified atom stereocenters. The Morgan fingerprint density at radius 3 is 2.38 bits per heavy atom. The SMILES string of the molecule is CCOc1cc(/C=N\N2C(=O)[C@H]3[C@H](C2=O)[C@H]2C=C[C@H]3CC2)cc(I)c1O. The van der Waals surface area contributed by atoms with E-state index < -0.39 is 0 Å². The molecule has 0 aromatic heterocycles. The summed E-state index contributed by atoms with van der Waals surface area (Å²) < 4.78 is 6.03. The fourth-order valence-corrected chi connectivity index (χ4v) is 4.86. The minimum Gasteiger partial charge on any atom is -0.504 e. The van der Waals surface area contributed by atoms with Crippen LogP contribution in [0.5, 0.6) is 11.5 Å². The molecule has 7 heteroatoms. The van der Waals surface area contributed by atoms with Crippen molar-refractivity contribution in [1.82, 2.24) is 5.01 Å². The van der Waals surface area contributed by atoms with Gasteiger partial charge in [-0.15, -0.1) is 0 Å². The lowest BCUT2D eigenvalue weighted by Crippen LogP contribution is -2.38. The largest absolute Gasteiger partial charge is 0.504 e. The molecule has 4 aliphatic rings. The molecule has 4 atom stereocenters. The summed E-state index contributed by atoms with van der Waals surface area (Å²) in [5.74, 6) is -0.184. The molecule has 6 nitrogen and oxygen atoms in total. The molecule has 136 valence electrons. The van der Waals surface area contributed by atoms with E-state index in [1.54, 1.807) is 12.1 Å². The topological polar surface area (TPSA) is 79.2 Å². The first-order valence-corrected chi connectivity index (χ1v) is 9.84. The highest BCUT2D eigenvalue weighted by molar-refractivity contribution is 14.1. The molecule has 1 heterocycles. The summed E-state index contributed by atoms with van der Waals surface area (Å²) in [6.07, 6.45) is 7.58. The standard InChI is InChI=1S/C19H19IN2O4/c1-2-26-14-8-10(7-13(20)17(14)23)9-21-22-18(24)15-11-3-4-12(6-5-11)16(15)19(22)25/h3-4,7-9,11-12,15-16,23H,2,5-6H2,1H3/b21-9-/t11-,12-,15+,16+/m0/s1. The van der Waals surface area contributed by atoms with E-state index in [2.05, 4.69) is 17.3 Å². The number of hydrogen-bond acceptors (Lipinski definition) is 5. The molecule has 2 bridgehead atoms. The van der Waals surface area contributed by atoms with Crippen molar-refractivity contribution in [1.29, 1.82) is 0 Å².